The number of pyridine rings is 1. The van der Waals surface area contributed by atoms with E-state index in [0.29, 0.717) is 36.0 Å². The molecular weight excluding hydrogens is 422 g/mol. The third-order valence-electron chi connectivity index (χ3n) is 4.81. The Labute approximate surface area is 192 Å². The molecule has 2 amide bonds. The van der Waals surface area contributed by atoms with Crippen molar-refractivity contribution in [1.82, 2.24) is 15.8 Å². The van der Waals surface area contributed by atoms with Gasteiger partial charge in [0.25, 0.3) is 11.8 Å². The first kappa shape index (κ1) is 23.6. The smallest absolute Gasteiger partial charge is 0.276 e. The van der Waals surface area contributed by atoms with Crippen LogP contribution in [0.1, 0.15) is 34.0 Å². The number of rotatable bonds is 9. The van der Waals surface area contributed by atoms with Crippen LogP contribution >= 0.6 is 0 Å². The van der Waals surface area contributed by atoms with Gasteiger partial charge in [0, 0.05) is 18.0 Å². The van der Waals surface area contributed by atoms with Crippen molar-refractivity contribution in [3.05, 3.63) is 83.2 Å². The summed E-state index contributed by atoms with van der Waals surface area (Å²) < 4.78 is 16.9. The molecule has 0 spiro atoms. The number of hydrazine groups is 1. The molecule has 1 heterocycles. The number of aromatic nitrogens is 1. The molecule has 0 aliphatic heterocycles. The standard InChI is InChI=1S/C25H27N3O5/c1-4-31-23-14-20(6-8-22(23)33-15-19-9-11-26-12-10-19)25(30)28-27-24(29)16-32-21-7-5-17(2)18(3)13-21/h5-14H,4,15-16H2,1-3H3,(H,27,29)(H,28,30). The number of ether oxygens (including phenoxy) is 3. The SMILES string of the molecule is CCOc1cc(C(=O)NNC(=O)COc2ccc(C)c(C)c2)ccc1OCc1ccncc1. The van der Waals surface area contributed by atoms with Crippen LogP contribution in [0.2, 0.25) is 0 Å². The van der Waals surface area contributed by atoms with E-state index in [2.05, 4.69) is 15.8 Å². The molecule has 0 aliphatic carbocycles. The highest BCUT2D eigenvalue weighted by molar-refractivity contribution is 5.96. The summed E-state index contributed by atoms with van der Waals surface area (Å²) in [6.07, 6.45) is 3.38. The third-order valence-corrected chi connectivity index (χ3v) is 4.81. The molecule has 33 heavy (non-hydrogen) atoms. The molecule has 2 N–H and O–H groups in total. The average Bonchev–Trinajstić information content (AvgIpc) is 2.83. The second-order valence-corrected chi connectivity index (χ2v) is 7.28. The van der Waals surface area contributed by atoms with E-state index in [9.17, 15) is 9.59 Å². The normalized spacial score (nSPS) is 10.3. The predicted octanol–water partition coefficient (Wildman–Crippen LogP) is 3.52. The van der Waals surface area contributed by atoms with Crippen LogP contribution in [0.5, 0.6) is 17.2 Å². The number of aryl methyl sites for hydroxylation is 2. The van der Waals surface area contributed by atoms with Gasteiger partial charge in [0.05, 0.1) is 6.61 Å². The van der Waals surface area contributed by atoms with Crippen LogP contribution in [-0.2, 0) is 11.4 Å². The highest BCUT2D eigenvalue weighted by Crippen LogP contribution is 2.29. The summed E-state index contributed by atoms with van der Waals surface area (Å²) in [5, 5.41) is 0. The van der Waals surface area contributed by atoms with Gasteiger partial charge in [0.1, 0.15) is 12.4 Å². The first-order valence-corrected chi connectivity index (χ1v) is 10.5. The van der Waals surface area contributed by atoms with E-state index in [0.717, 1.165) is 16.7 Å². The lowest BCUT2D eigenvalue weighted by atomic mass is 10.1. The highest BCUT2D eigenvalue weighted by atomic mass is 16.5. The maximum Gasteiger partial charge on any atom is 0.276 e. The molecule has 2 aromatic carbocycles. The molecule has 0 atom stereocenters. The Morgan fingerprint density at radius 3 is 2.36 bits per heavy atom. The van der Waals surface area contributed by atoms with E-state index in [-0.39, 0.29) is 6.61 Å². The number of hydrogen-bond donors (Lipinski definition) is 2. The van der Waals surface area contributed by atoms with Crippen LogP contribution in [0.25, 0.3) is 0 Å². The lowest BCUT2D eigenvalue weighted by Crippen LogP contribution is -2.43. The zero-order valence-corrected chi connectivity index (χ0v) is 18.9. The number of hydrogen-bond acceptors (Lipinski definition) is 6. The summed E-state index contributed by atoms with van der Waals surface area (Å²) in [7, 11) is 0. The van der Waals surface area contributed by atoms with E-state index in [1.54, 1.807) is 36.7 Å². The van der Waals surface area contributed by atoms with Gasteiger partial charge in [-0.1, -0.05) is 6.07 Å². The molecule has 0 fully saturated rings. The summed E-state index contributed by atoms with van der Waals surface area (Å²) in [4.78, 5) is 28.5. The van der Waals surface area contributed by atoms with Crippen molar-refractivity contribution in [2.45, 2.75) is 27.4 Å². The van der Waals surface area contributed by atoms with Gasteiger partial charge in [0.2, 0.25) is 0 Å². The molecule has 0 radical (unpaired) electrons. The topological polar surface area (TPSA) is 98.8 Å². The molecule has 172 valence electrons. The minimum absolute atomic E-state index is 0.227. The Bertz CT molecular complexity index is 1100. The molecule has 8 heteroatoms. The van der Waals surface area contributed by atoms with Crippen LogP contribution in [-0.4, -0.2) is 30.0 Å². The fourth-order valence-corrected chi connectivity index (χ4v) is 2.86. The molecule has 8 nitrogen and oxygen atoms in total. The van der Waals surface area contributed by atoms with Gasteiger partial charge in [-0.15, -0.1) is 0 Å². The molecule has 0 saturated heterocycles. The van der Waals surface area contributed by atoms with Crippen molar-refractivity contribution in [2.75, 3.05) is 13.2 Å². The number of benzene rings is 2. The summed E-state index contributed by atoms with van der Waals surface area (Å²) in [5.74, 6) is 0.558. The minimum atomic E-state index is -0.490. The van der Waals surface area contributed by atoms with E-state index >= 15 is 0 Å². The molecular formula is C25H27N3O5. The van der Waals surface area contributed by atoms with Crippen LogP contribution in [0.15, 0.2) is 60.9 Å². The number of amides is 2. The van der Waals surface area contributed by atoms with E-state index in [1.807, 2.05) is 45.0 Å². The Balaban J connectivity index is 1.54. The highest BCUT2D eigenvalue weighted by Gasteiger charge is 2.13. The van der Waals surface area contributed by atoms with E-state index in [4.69, 9.17) is 14.2 Å². The van der Waals surface area contributed by atoms with Crippen molar-refractivity contribution in [3.63, 3.8) is 0 Å². The molecule has 3 rings (SSSR count). The minimum Gasteiger partial charge on any atom is -0.490 e. The van der Waals surface area contributed by atoms with Crippen molar-refractivity contribution in [3.8, 4) is 17.2 Å². The number of carbonyl (C=O) groups excluding carboxylic acids is 2. The summed E-state index contributed by atoms with van der Waals surface area (Å²) in [6.45, 7) is 6.32. The number of nitrogens with zero attached hydrogens (tertiary/aromatic N) is 1. The largest absolute Gasteiger partial charge is 0.490 e. The zero-order valence-electron chi connectivity index (χ0n) is 18.9. The Kier molecular flexibility index (Phi) is 8.24. The summed E-state index contributed by atoms with van der Waals surface area (Å²) in [6, 6.07) is 14.1. The quantitative estimate of drug-likeness (QED) is 0.485. The van der Waals surface area contributed by atoms with Crippen LogP contribution in [0.4, 0.5) is 0 Å². The van der Waals surface area contributed by atoms with Gasteiger partial charge in [-0.3, -0.25) is 25.4 Å². The van der Waals surface area contributed by atoms with Crippen molar-refractivity contribution >= 4 is 11.8 Å². The number of nitrogens with one attached hydrogen (secondary N) is 2. The molecule has 3 aromatic rings. The van der Waals surface area contributed by atoms with Crippen LogP contribution in [0, 0.1) is 13.8 Å². The zero-order chi connectivity index (χ0) is 23.6. The summed E-state index contributed by atoms with van der Waals surface area (Å²) >= 11 is 0. The lowest BCUT2D eigenvalue weighted by molar-refractivity contribution is -0.123. The van der Waals surface area contributed by atoms with Crippen LogP contribution < -0.4 is 25.1 Å². The van der Waals surface area contributed by atoms with Crippen LogP contribution in [0.3, 0.4) is 0 Å². The third kappa shape index (κ3) is 6.96. The Morgan fingerprint density at radius 1 is 0.848 bits per heavy atom. The average molecular weight is 450 g/mol. The molecule has 1 aromatic heterocycles. The van der Waals surface area contributed by atoms with E-state index < -0.39 is 11.8 Å². The molecule has 0 saturated carbocycles. The molecule has 0 aliphatic rings. The second kappa shape index (κ2) is 11.5. The van der Waals surface area contributed by atoms with Gasteiger partial charge < -0.3 is 14.2 Å². The van der Waals surface area contributed by atoms with Gasteiger partial charge in [-0.25, -0.2) is 0 Å². The van der Waals surface area contributed by atoms with Crippen molar-refractivity contribution in [2.24, 2.45) is 0 Å². The lowest BCUT2D eigenvalue weighted by Gasteiger charge is -2.14. The fourth-order valence-electron chi connectivity index (χ4n) is 2.86. The maximum atomic E-state index is 12.5. The first-order chi connectivity index (χ1) is 16.0. The first-order valence-electron chi connectivity index (χ1n) is 10.5. The Hall–Kier alpha value is -4.07. The monoisotopic (exact) mass is 449 g/mol. The fraction of sp³-hybridized carbons (Fsp3) is 0.240. The van der Waals surface area contributed by atoms with E-state index in [1.165, 1.54) is 0 Å². The summed E-state index contributed by atoms with van der Waals surface area (Å²) in [5.41, 5.74) is 8.20. The number of carbonyl (C=O) groups is 2. The Morgan fingerprint density at radius 2 is 1.64 bits per heavy atom. The van der Waals surface area contributed by atoms with Gasteiger partial charge >= 0.3 is 0 Å². The van der Waals surface area contributed by atoms with Gasteiger partial charge in [-0.05, 0) is 79.9 Å². The molecule has 0 bridgehead atoms. The molecule has 0 unspecified atom stereocenters. The van der Waals surface area contributed by atoms with Gasteiger partial charge in [-0.2, -0.15) is 0 Å². The maximum absolute atomic E-state index is 12.5. The second-order valence-electron chi connectivity index (χ2n) is 7.28. The van der Waals surface area contributed by atoms with Crippen molar-refractivity contribution in [1.29, 1.82) is 0 Å². The van der Waals surface area contributed by atoms with Crippen molar-refractivity contribution < 1.29 is 23.8 Å². The van der Waals surface area contributed by atoms with Gasteiger partial charge in [0.15, 0.2) is 18.1 Å². The predicted molar refractivity (Wildman–Crippen MR) is 123 cm³/mol.